The molecule has 114 valence electrons. The molecule has 1 unspecified atom stereocenters. The molecule has 0 spiro atoms. The van der Waals surface area contributed by atoms with E-state index in [1.807, 2.05) is 16.8 Å². The van der Waals surface area contributed by atoms with Crippen molar-refractivity contribution in [1.82, 2.24) is 9.88 Å². The van der Waals surface area contributed by atoms with Crippen LogP contribution in [0.15, 0.2) is 16.7 Å². The highest BCUT2D eigenvalue weighted by Crippen LogP contribution is 2.16. The molecule has 0 aliphatic rings. The minimum atomic E-state index is 0.0408. The summed E-state index contributed by atoms with van der Waals surface area (Å²) in [6.45, 7) is 8.18. The Morgan fingerprint density at radius 1 is 1.35 bits per heavy atom. The fourth-order valence-electron chi connectivity index (χ4n) is 2.36. The second-order valence-corrected chi connectivity index (χ2v) is 6.28. The number of nitrogens with one attached hydrogen (secondary N) is 1. The van der Waals surface area contributed by atoms with E-state index in [0.29, 0.717) is 5.92 Å². The Bertz CT molecular complexity index is 415. The van der Waals surface area contributed by atoms with Gasteiger partial charge in [-0.3, -0.25) is 4.79 Å². The fourth-order valence-corrected chi connectivity index (χ4v) is 2.83. The average molecular weight is 343 g/mol. The van der Waals surface area contributed by atoms with Crippen molar-refractivity contribution in [2.24, 2.45) is 5.92 Å². The zero-order chi connectivity index (χ0) is 15.0. The molecule has 0 bridgehead atoms. The average Bonchev–Trinajstić information content (AvgIpc) is 2.80. The minimum absolute atomic E-state index is 0.0408. The van der Waals surface area contributed by atoms with Gasteiger partial charge in [-0.2, -0.15) is 0 Å². The van der Waals surface area contributed by atoms with Crippen LogP contribution in [0.4, 0.5) is 0 Å². The minimum Gasteiger partial charge on any atom is -0.350 e. The quantitative estimate of drug-likeness (QED) is 0.698. The maximum absolute atomic E-state index is 12.3. The topological polar surface area (TPSA) is 34.0 Å². The summed E-state index contributed by atoms with van der Waals surface area (Å²) in [6.07, 6.45) is 7.79. The SMILES string of the molecule is CCCCC(CC)CNC(=O)c1cc(Br)cn1CCC. The number of hydrogen-bond acceptors (Lipinski definition) is 1. The third kappa shape index (κ3) is 5.31. The van der Waals surface area contributed by atoms with Crippen LogP contribution in [-0.2, 0) is 6.54 Å². The van der Waals surface area contributed by atoms with E-state index in [9.17, 15) is 4.79 Å². The van der Waals surface area contributed by atoms with E-state index >= 15 is 0 Å². The lowest BCUT2D eigenvalue weighted by Gasteiger charge is -2.15. The number of nitrogens with zero attached hydrogens (tertiary/aromatic N) is 1. The van der Waals surface area contributed by atoms with Gasteiger partial charge in [0, 0.05) is 23.8 Å². The number of aromatic nitrogens is 1. The molecule has 0 radical (unpaired) electrons. The maximum atomic E-state index is 12.3. The number of hydrogen-bond donors (Lipinski definition) is 1. The summed E-state index contributed by atoms with van der Waals surface area (Å²) in [4.78, 5) is 12.3. The van der Waals surface area contributed by atoms with Gasteiger partial charge in [0.25, 0.3) is 5.91 Å². The molecule has 0 aromatic carbocycles. The Kier molecular flexibility index (Phi) is 7.97. The highest BCUT2D eigenvalue weighted by Gasteiger charge is 2.14. The molecule has 0 saturated heterocycles. The fraction of sp³-hybridized carbons (Fsp3) is 0.688. The van der Waals surface area contributed by atoms with Crippen molar-refractivity contribution in [3.8, 4) is 0 Å². The Balaban J connectivity index is 2.57. The zero-order valence-corrected chi connectivity index (χ0v) is 14.5. The van der Waals surface area contributed by atoms with Crippen molar-refractivity contribution in [1.29, 1.82) is 0 Å². The largest absolute Gasteiger partial charge is 0.350 e. The first-order valence-corrected chi connectivity index (χ1v) is 8.55. The standard InChI is InChI=1S/C16H27BrN2O/c1-4-7-8-13(6-3)11-18-16(20)15-10-14(17)12-19(15)9-5-2/h10,12-13H,4-9,11H2,1-3H3,(H,18,20). The van der Waals surface area contributed by atoms with E-state index in [1.165, 1.54) is 19.3 Å². The summed E-state index contributed by atoms with van der Waals surface area (Å²) in [6, 6.07) is 1.90. The second-order valence-electron chi connectivity index (χ2n) is 5.36. The predicted molar refractivity (Wildman–Crippen MR) is 88.1 cm³/mol. The number of amides is 1. The number of aryl methyl sites for hydroxylation is 1. The molecule has 4 heteroatoms. The van der Waals surface area contributed by atoms with Gasteiger partial charge in [-0.15, -0.1) is 0 Å². The van der Waals surface area contributed by atoms with Crippen LogP contribution in [0.2, 0.25) is 0 Å². The van der Waals surface area contributed by atoms with E-state index < -0.39 is 0 Å². The van der Waals surface area contributed by atoms with Gasteiger partial charge in [-0.25, -0.2) is 0 Å². The van der Waals surface area contributed by atoms with Gasteiger partial charge >= 0.3 is 0 Å². The van der Waals surface area contributed by atoms with Crippen LogP contribution in [-0.4, -0.2) is 17.0 Å². The van der Waals surface area contributed by atoms with E-state index in [-0.39, 0.29) is 5.91 Å². The molecule has 0 fully saturated rings. The third-order valence-electron chi connectivity index (χ3n) is 3.65. The summed E-state index contributed by atoms with van der Waals surface area (Å²) in [7, 11) is 0. The molecule has 3 nitrogen and oxygen atoms in total. The van der Waals surface area contributed by atoms with Crippen LogP contribution in [0.25, 0.3) is 0 Å². The molecule has 0 saturated carbocycles. The van der Waals surface area contributed by atoms with Gasteiger partial charge in [0.05, 0.1) is 0 Å². The zero-order valence-electron chi connectivity index (χ0n) is 12.9. The monoisotopic (exact) mass is 342 g/mol. The molecule has 1 heterocycles. The summed E-state index contributed by atoms with van der Waals surface area (Å²) in [5.41, 5.74) is 0.754. The van der Waals surface area contributed by atoms with Gasteiger partial charge in [0.15, 0.2) is 0 Å². The lowest BCUT2D eigenvalue weighted by molar-refractivity contribution is 0.0936. The molecule has 1 N–H and O–H groups in total. The molecule has 20 heavy (non-hydrogen) atoms. The van der Waals surface area contributed by atoms with Crippen molar-refractivity contribution >= 4 is 21.8 Å². The van der Waals surface area contributed by atoms with Crippen molar-refractivity contribution in [2.75, 3.05) is 6.54 Å². The lowest BCUT2D eigenvalue weighted by Crippen LogP contribution is -2.30. The molecule has 0 aliphatic heterocycles. The van der Waals surface area contributed by atoms with Crippen LogP contribution in [0.5, 0.6) is 0 Å². The number of unbranched alkanes of at least 4 members (excludes halogenated alkanes) is 1. The Morgan fingerprint density at radius 3 is 2.70 bits per heavy atom. The van der Waals surface area contributed by atoms with E-state index in [0.717, 1.165) is 36.1 Å². The lowest BCUT2D eigenvalue weighted by atomic mass is 9.99. The van der Waals surface area contributed by atoms with E-state index in [4.69, 9.17) is 0 Å². The van der Waals surface area contributed by atoms with Crippen molar-refractivity contribution in [3.05, 3.63) is 22.4 Å². The smallest absolute Gasteiger partial charge is 0.267 e. The van der Waals surface area contributed by atoms with Gasteiger partial charge in [-0.1, -0.05) is 40.0 Å². The van der Waals surface area contributed by atoms with Crippen LogP contribution in [0.1, 0.15) is 63.4 Å². The van der Waals surface area contributed by atoms with E-state index in [1.54, 1.807) is 0 Å². The summed E-state index contributed by atoms with van der Waals surface area (Å²) < 4.78 is 2.99. The van der Waals surface area contributed by atoms with Crippen molar-refractivity contribution < 1.29 is 4.79 Å². The van der Waals surface area contributed by atoms with Gasteiger partial charge < -0.3 is 9.88 Å². The molecular formula is C16H27BrN2O. The maximum Gasteiger partial charge on any atom is 0.267 e. The number of carbonyl (C=O) groups is 1. The van der Waals surface area contributed by atoms with Crippen molar-refractivity contribution in [3.63, 3.8) is 0 Å². The molecule has 1 aromatic rings. The second kappa shape index (κ2) is 9.22. The first-order valence-electron chi connectivity index (χ1n) is 7.76. The summed E-state index contributed by atoms with van der Waals surface area (Å²) in [5, 5.41) is 3.09. The van der Waals surface area contributed by atoms with Crippen LogP contribution < -0.4 is 5.32 Å². The van der Waals surface area contributed by atoms with Gasteiger partial charge in [0.2, 0.25) is 0 Å². The van der Waals surface area contributed by atoms with Gasteiger partial charge in [0.1, 0.15) is 5.69 Å². The molecule has 1 amide bonds. The van der Waals surface area contributed by atoms with Crippen LogP contribution in [0, 0.1) is 5.92 Å². The number of halogens is 1. The highest BCUT2D eigenvalue weighted by molar-refractivity contribution is 9.10. The number of rotatable bonds is 9. The first kappa shape index (κ1) is 17.3. The summed E-state index contributed by atoms with van der Waals surface area (Å²) in [5.74, 6) is 0.635. The summed E-state index contributed by atoms with van der Waals surface area (Å²) >= 11 is 3.45. The molecule has 1 aromatic heterocycles. The van der Waals surface area contributed by atoms with Crippen LogP contribution in [0.3, 0.4) is 0 Å². The highest BCUT2D eigenvalue weighted by atomic mass is 79.9. The normalized spacial score (nSPS) is 12.4. The van der Waals surface area contributed by atoms with Gasteiger partial charge in [-0.05, 0) is 40.8 Å². The number of carbonyl (C=O) groups excluding carboxylic acids is 1. The third-order valence-corrected chi connectivity index (χ3v) is 4.09. The Morgan fingerprint density at radius 2 is 2.10 bits per heavy atom. The Hall–Kier alpha value is -0.770. The molecular weight excluding hydrogens is 316 g/mol. The van der Waals surface area contributed by atoms with E-state index in [2.05, 4.69) is 42.0 Å². The predicted octanol–water partition coefficient (Wildman–Crippen LogP) is 4.61. The molecule has 1 rings (SSSR count). The molecule has 1 atom stereocenters. The van der Waals surface area contributed by atoms with Crippen LogP contribution >= 0.6 is 15.9 Å². The Labute approximate surface area is 131 Å². The molecule has 0 aliphatic carbocycles. The van der Waals surface area contributed by atoms with Crippen molar-refractivity contribution in [2.45, 2.75) is 59.4 Å². The first-order chi connectivity index (χ1) is 9.62.